The Morgan fingerprint density at radius 1 is 1.59 bits per heavy atom. The van der Waals surface area contributed by atoms with E-state index in [1.165, 1.54) is 12.1 Å². The molecule has 0 aliphatic rings. The van der Waals surface area contributed by atoms with Gasteiger partial charge in [-0.3, -0.25) is 8.32 Å². The number of carbonyl (C=O) groups is 1. The first-order valence-corrected chi connectivity index (χ1v) is 7.10. The molecule has 0 saturated heterocycles. The van der Waals surface area contributed by atoms with Crippen molar-refractivity contribution in [1.82, 2.24) is 3.53 Å². The lowest BCUT2D eigenvalue weighted by Crippen LogP contribution is -2.46. The fraction of sp³-hybridized carbons (Fsp3) is 0.364. The van der Waals surface area contributed by atoms with Crippen LogP contribution >= 0.6 is 45.5 Å². The number of phenols is 1. The molecule has 0 bridgehead atoms. The topological polar surface area (TPSA) is 58.6 Å². The van der Waals surface area contributed by atoms with E-state index in [0.717, 1.165) is 0 Å². The Hall–Kier alpha value is -0.0900. The zero-order valence-corrected chi connectivity index (χ0v) is 13.7. The predicted octanol–water partition coefficient (Wildman–Crippen LogP) is 2.82. The lowest BCUT2D eigenvalue weighted by atomic mass is 10.1. The van der Waals surface area contributed by atoms with Crippen LogP contribution in [0.3, 0.4) is 0 Å². The number of alkyl halides is 1. The second-order valence-electron chi connectivity index (χ2n) is 3.79. The minimum Gasteiger partial charge on any atom is -0.508 e. The van der Waals surface area contributed by atoms with Crippen LogP contribution in [0.2, 0.25) is 0 Å². The Morgan fingerprint density at radius 3 is 2.76 bits per heavy atom. The summed E-state index contributed by atoms with van der Waals surface area (Å²) in [7, 11) is 0. The number of aromatic hydroxyl groups is 1. The number of ether oxygens (including phenoxy) is 1. The number of esters is 1. The Kier molecular flexibility index (Phi) is 5.45. The standard InChI is InChI=1S/C11H13I2NO3/c1-7(14-13)11(2,12)10(16)17-9-5-3-4-8(15)6-9/h3-7,14-15H,1-2H3. The summed E-state index contributed by atoms with van der Waals surface area (Å²) in [5, 5.41) is 9.28. The maximum Gasteiger partial charge on any atom is 0.328 e. The summed E-state index contributed by atoms with van der Waals surface area (Å²) in [6.07, 6.45) is 0. The SMILES string of the molecule is CC(NI)C(C)(I)C(=O)Oc1cccc(O)c1. The van der Waals surface area contributed by atoms with Gasteiger partial charge >= 0.3 is 5.97 Å². The summed E-state index contributed by atoms with van der Waals surface area (Å²) in [6.45, 7) is 3.71. The molecule has 0 fully saturated rings. The molecule has 0 radical (unpaired) electrons. The van der Waals surface area contributed by atoms with E-state index in [9.17, 15) is 9.90 Å². The molecule has 0 saturated carbocycles. The summed E-state index contributed by atoms with van der Waals surface area (Å²) < 4.78 is 7.55. The number of rotatable bonds is 4. The van der Waals surface area contributed by atoms with Gasteiger partial charge in [0.25, 0.3) is 0 Å². The first-order chi connectivity index (χ1) is 7.87. The summed E-state index contributed by atoms with van der Waals surface area (Å²) in [4.78, 5) is 12.0. The summed E-state index contributed by atoms with van der Waals surface area (Å²) >= 11 is 4.06. The van der Waals surface area contributed by atoms with Crippen LogP contribution < -0.4 is 8.27 Å². The molecular formula is C11H13I2NO3. The molecule has 17 heavy (non-hydrogen) atoms. The minimum absolute atomic E-state index is 0.0338. The Labute approximate surface area is 128 Å². The van der Waals surface area contributed by atoms with Gasteiger partial charge in [0.15, 0.2) is 0 Å². The van der Waals surface area contributed by atoms with E-state index in [4.69, 9.17) is 4.74 Å². The molecule has 0 aliphatic heterocycles. The zero-order valence-electron chi connectivity index (χ0n) is 9.41. The first-order valence-electron chi connectivity index (χ1n) is 4.94. The number of hydrogen-bond acceptors (Lipinski definition) is 4. The van der Waals surface area contributed by atoms with E-state index in [-0.39, 0.29) is 17.8 Å². The van der Waals surface area contributed by atoms with Gasteiger partial charge < -0.3 is 9.84 Å². The maximum atomic E-state index is 12.0. The Balaban J connectivity index is 2.79. The molecule has 1 aromatic rings. The van der Waals surface area contributed by atoms with Gasteiger partial charge in [0, 0.05) is 35.0 Å². The van der Waals surface area contributed by atoms with Crippen LogP contribution in [0.25, 0.3) is 0 Å². The Bertz CT molecular complexity index is 409. The lowest BCUT2D eigenvalue weighted by molar-refractivity contribution is -0.136. The highest BCUT2D eigenvalue weighted by Gasteiger charge is 2.37. The van der Waals surface area contributed by atoms with Crippen LogP contribution in [0.1, 0.15) is 13.8 Å². The van der Waals surface area contributed by atoms with Gasteiger partial charge in [-0.15, -0.1) is 0 Å². The Morgan fingerprint density at radius 2 is 2.24 bits per heavy atom. The molecule has 0 amide bonds. The molecule has 6 heteroatoms. The fourth-order valence-electron chi connectivity index (χ4n) is 1.03. The monoisotopic (exact) mass is 461 g/mol. The van der Waals surface area contributed by atoms with E-state index in [0.29, 0.717) is 5.75 Å². The number of halogens is 2. The number of hydrogen-bond donors (Lipinski definition) is 2. The van der Waals surface area contributed by atoms with Crippen molar-refractivity contribution < 1.29 is 14.6 Å². The highest BCUT2D eigenvalue weighted by Crippen LogP contribution is 2.27. The van der Waals surface area contributed by atoms with Crippen LogP contribution in [-0.2, 0) is 4.79 Å². The largest absolute Gasteiger partial charge is 0.508 e. The number of benzene rings is 1. The van der Waals surface area contributed by atoms with Crippen molar-refractivity contribution in [3.05, 3.63) is 24.3 Å². The van der Waals surface area contributed by atoms with Gasteiger partial charge in [0.1, 0.15) is 14.9 Å². The normalized spacial score (nSPS) is 16.0. The summed E-state index contributed by atoms with van der Waals surface area (Å²) in [6, 6.07) is 6.16. The quantitative estimate of drug-likeness (QED) is 0.238. The molecular weight excluding hydrogens is 448 g/mol. The third-order valence-corrected chi connectivity index (χ3v) is 4.71. The summed E-state index contributed by atoms with van der Waals surface area (Å²) in [5.74, 6) is 0.0736. The van der Waals surface area contributed by atoms with Crippen molar-refractivity contribution in [2.24, 2.45) is 0 Å². The summed E-state index contributed by atoms with van der Waals surface area (Å²) in [5.41, 5.74) is 0. The zero-order chi connectivity index (χ0) is 13.1. The first kappa shape index (κ1) is 15.0. The number of phenolic OH excluding ortho intramolecular Hbond substituents is 1. The molecule has 0 aromatic heterocycles. The van der Waals surface area contributed by atoms with Crippen molar-refractivity contribution >= 4 is 51.4 Å². The van der Waals surface area contributed by atoms with Gasteiger partial charge in [-0.05, 0) is 26.0 Å². The smallest absolute Gasteiger partial charge is 0.328 e. The van der Waals surface area contributed by atoms with E-state index < -0.39 is 3.42 Å². The molecule has 0 spiro atoms. The average molecular weight is 461 g/mol. The third kappa shape index (κ3) is 3.95. The van der Waals surface area contributed by atoms with Crippen molar-refractivity contribution in [1.29, 1.82) is 0 Å². The van der Waals surface area contributed by atoms with Gasteiger partial charge in [0.05, 0.1) is 0 Å². The van der Waals surface area contributed by atoms with E-state index in [2.05, 4.69) is 26.1 Å². The van der Waals surface area contributed by atoms with E-state index in [1.54, 1.807) is 19.1 Å². The van der Waals surface area contributed by atoms with Crippen LogP contribution in [-0.4, -0.2) is 20.5 Å². The van der Waals surface area contributed by atoms with Crippen LogP contribution in [0.15, 0.2) is 24.3 Å². The predicted molar refractivity (Wildman–Crippen MR) is 82.8 cm³/mol. The highest BCUT2D eigenvalue weighted by molar-refractivity contribution is 14.1. The molecule has 2 atom stereocenters. The third-order valence-electron chi connectivity index (χ3n) is 2.40. The second kappa shape index (κ2) is 6.19. The van der Waals surface area contributed by atoms with Crippen molar-refractivity contribution in [3.8, 4) is 11.5 Å². The molecule has 94 valence electrons. The maximum absolute atomic E-state index is 12.0. The van der Waals surface area contributed by atoms with Crippen molar-refractivity contribution in [2.45, 2.75) is 23.3 Å². The van der Waals surface area contributed by atoms with Crippen LogP contribution in [0.4, 0.5) is 0 Å². The molecule has 0 aliphatic carbocycles. The molecule has 2 N–H and O–H groups in total. The second-order valence-corrected chi connectivity index (χ2v) is 6.66. The van der Waals surface area contributed by atoms with Gasteiger partial charge in [-0.2, -0.15) is 0 Å². The van der Waals surface area contributed by atoms with Gasteiger partial charge in [-0.1, -0.05) is 28.7 Å². The fourth-order valence-corrected chi connectivity index (χ4v) is 2.52. The van der Waals surface area contributed by atoms with Crippen LogP contribution in [0.5, 0.6) is 11.5 Å². The van der Waals surface area contributed by atoms with E-state index in [1.807, 2.05) is 29.8 Å². The lowest BCUT2D eigenvalue weighted by Gasteiger charge is -2.26. The molecule has 1 rings (SSSR count). The average Bonchev–Trinajstić information content (AvgIpc) is 2.27. The van der Waals surface area contributed by atoms with Gasteiger partial charge in [-0.25, -0.2) is 0 Å². The number of carbonyl (C=O) groups excluding carboxylic acids is 1. The highest BCUT2D eigenvalue weighted by atomic mass is 127. The molecule has 2 unspecified atom stereocenters. The molecule has 1 aromatic carbocycles. The minimum atomic E-state index is -0.676. The van der Waals surface area contributed by atoms with Crippen molar-refractivity contribution in [2.75, 3.05) is 0 Å². The molecule has 4 nitrogen and oxygen atoms in total. The van der Waals surface area contributed by atoms with E-state index >= 15 is 0 Å². The van der Waals surface area contributed by atoms with Crippen molar-refractivity contribution in [3.63, 3.8) is 0 Å². The molecule has 0 heterocycles. The van der Waals surface area contributed by atoms with Gasteiger partial charge in [0.2, 0.25) is 0 Å². The van der Waals surface area contributed by atoms with Crippen LogP contribution in [0, 0.1) is 0 Å². The number of nitrogens with one attached hydrogen (secondary N) is 1.